The zero-order valence-electron chi connectivity index (χ0n) is 11.5. The maximum atomic E-state index is 11.2. The molecule has 2 aromatic rings. The molecule has 0 fully saturated rings. The number of hydrogen-bond donors (Lipinski definition) is 0. The van der Waals surface area contributed by atoms with E-state index >= 15 is 0 Å². The van der Waals surface area contributed by atoms with Crippen LogP contribution in [0, 0.1) is 0 Å². The van der Waals surface area contributed by atoms with Crippen LogP contribution in [-0.2, 0) is 0 Å². The van der Waals surface area contributed by atoms with Crippen LogP contribution in [0.3, 0.4) is 0 Å². The lowest BCUT2D eigenvalue weighted by Crippen LogP contribution is -2.15. The summed E-state index contributed by atoms with van der Waals surface area (Å²) in [6.45, 7) is 4.30. The molecule has 0 amide bonds. The predicted molar refractivity (Wildman–Crippen MR) is 76.7 cm³/mol. The second kappa shape index (κ2) is 6.41. The van der Waals surface area contributed by atoms with Crippen molar-refractivity contribution in [2.24, 2.45) is 0 Å². The quantitative estimate of drug-likeness (QED) is 0.733. The van der Waals surface area contributed by atoms with E-state index in [1.807, 2.05) is 12.1 Å². The molecular weight excluding hydrogens is 240 g/mol. The second-order valence-electron chi connectivity index (χ2n) is 4.74. The first kappa shape index (κ1) is 13.7. The van der Waals surface area contributed by atoms with Crippen LogP contribution in [0.2, 0.25) is 0 Å². The number of benzene rings is 1. The van der Waals surface area contributed by atoms with E-state index in [1.165, 1.54) is 18.9 Å². The molecule has 1 atom stereocenters. The van der Waals surface area contributed by atoms with E-state index in [-0.39, 0.29) is 11.7 Å². The summed E-state index contributed by atoms with van der Waals surface area (Å²) in [5.74, 6) is 0.768. The van der Waals surface area contributed by atoms with Crippen LogP contribution in [0.5, 0.6) is 5.75 Å². The van der Waals surface area contributed by atoms with Crippen LogP contribution in [0.4, 0.5) is 0 Å². The highest BCUT2D eigenvalue weighted by Gasteiger charge is 2.08. The molecule has 1 unspecified atom stereocenters. The summed E-state index contributed by atoms with van der Waals surface area (Å²) < 4.78 is 11.1. The Balaban J connectivity index is 2.18. The molecule has 19 heavy (non-hydrogen) atoms. The standard InChI is InChI=1S/C16H20O3/c1-3-5-6-13(4-2)18-14-9-7-12-8-10-16(17)19-15(12)11-14/h7-11,13H,3-6H2,1-2H3. The normalized spacial score (nSPS) is 12.5. The predicted octanol–water partition coefficient (Wildman–Crippen LogP) is 4.14. The molecule has 2 rings (SSSR count). The molecule has 0 spiro atoms. The van der Waals surface area contributed by atoms with Crippen molar-refractivity contribution in [2.75, 3.05) is 0 Å². The summed E-state index contributed by atoms with van der Waals surface area (Å²) in [6, 6.07) is 8.83. The van der Waals surface area contributed by atoms with Gasteiger partial charge in [0.15, 0.2) is 0 Å². The Morgan fingerprint density at radius 1 is 1.21 bits per heavy atom. The Hall–Kier alpha value is -1.77. The Morgan fingerprint density at radius 2 is 2.00 bits per heavy atom. The van der Waals surface area contributed by atoms with Gasteiger partial charge in [-0.15, -0.1) is 0 Å². The number of unbranched alkanes of at least 4 members (excludes halogenated alkanes) is 1. The van der Waals surface area contributed by atoms with Crippen molar-refractivity contribution in [2.45, 2.75) is 45.6 Å². The second-order valence-corrected chi connectivity index (χ2v) is 4.74. The molecule has 0 aliphatic heterocycles. The van der Waals surface area contributed by atoms with Gasteiger partial charge in [0.2, 0.25) is 0 Å². The van der Waals surface area contributed by atoms with Gasteiger partial charge >= 0.3 is 5.63 Å². The molecule has 0 radical (unpaired) electrons. The fourth-order valence-corrected chi connectivity index (χ4v) is 2.08. The molecular formula is C16H20O3. The van der Waals surface area contributed by atoms with Gasteiger partial charge in [-0.25, -0.2) is 4.79 Å². The number of fused-ring (bicyclic) bond motifs is 1. The fraction of sp³-hybridized carbons (Fsp3) is 0.438. The van der Waals surface area contributed by atoms with E-state index in [0.29, 0.717) is 5.58 Å². The summed E-state index contributed by atoms with van der Waals surface area (Å²) in [5, 5.41) is 0.911. The summed E-state index contributed by atoms with van der Waals surface area (Å²) >= 11 is 0. The van der Waals surface area contributed by atoms with Crippen molar-refractivity contribution >= 4 is 11.0 Å². The van der Waals surface area contributed by atoms with Gasteiger partial charge in [-0.3, -0.25) is 0 Å². The van der Waals surface area contributed by atoms with Crippen molar-refractivity contribution in [3.63, 3.8) is 0 Å². The van der Waals surface area contributed by atoms with E-state index in [9.17, 15) is 4.79 Å². The van der Waals surface area contributed by atoms with Gasteiger partial charge in [0, 0.05) is 17.5 Å². The Labute approximate surface area is 113 Å². The Bertz CT molecular complexity index is 586. The molecule has 3 heteroatoms. The topological polar surface area (TPSA) is 39.4 Å². The molecule has 0 aliphatic rings. The van der Waals surface area contributed by atoms with Crippen LogP contribution >= 0.6 is 0 Å². The molecule has 0 bridgehead atoms. The molecule has 1 aromatic heterocycles. The smallest absolute Gasteiger partial charge is 0.336 e. The summed E-state index contributed by atoms with van der Waals surface area (Å²) in [4.78, 5) is 11.2. The molecule has 0 saturated carbocycles. The SMILES string of the molecule is CCCCC(CC)Oc1ccc2ccc(=O)oc2c1. The third kappa shape index (κ3) is 3.60. The maximum Gasteiger partial charge on any atom is 0.336 e. The number of ether oxygens (including phenoxy) is 1. The molecule has 0 aliphatic carbocycles. The van der Waals surface area contributed by atoms with Crippen molar-refractivity contribution < 1.29 is 9.15 Å². The van der Waals surface area contributed by atoms with Crippen LogP contribution in [-0.4, -0.2) is 6.10 Å². The van der Waals surface area contributed by atoms with Gasteiger partial charge in [-0.2, -0.15) is 0 Å². The lowest BCUT2D eigenvalue weighted by Gasteiger charge is -2.17. The molecule has 0 saturated heterocycles. The van der Waals surface area contributed by atoms with Crippen LogP contribution in [0.25, 0.3) is 11.0 Å². The first-order chi connectivity index (χ1) is 9.22. The highest BCUT2D eigenvalue weighted by atomic mass is 16.5. The van der Waals surface area contributed by atoms with Gasteiger partial charge in [-0.05, 0) is 31.0 Å². The number of hydrogen-bond acceptors (Lipinski definition) is 3. The first-order valence-electron chi connectivity index (χ1n) is 6.93. The third-order valence-corrected chi connectivity index (χ3v) is 3.23. The largest absolute Gasteiger partial charge is 0.490 e. The highest BCUT2D eigenvalue weighted by molar-refractivity contribution is 5.77. The van der Waals surface area contributed by atoms with Crippen molar-refractivity contribution in [3.8, 4) is 5.75 Å². The third-order valence-electron chi connectivity index (χ3n) is 3.23. The molecule has 1 heterocycles. The van der Waals surface area contributed by atoms with Gasteiger partial charge in [0.25, 0.3) is 0 Å². The van der Waals surface area contributed by atoms with E-state index < -0.39 is 0 Å². The summed E-state index contributed by atoms with van der Waals surface area (Å²) in [6.07, 6.45) is 4.61. The van der Waals surface area contributed by atoms with Gasteiger partial charge in [0.05, 0.1) is 6.10 Å². The van der Waals surface area contributed by atoms with Crippen LogP contribution in [0.15, 0.2) is 39.5 Å². The van der Waals surface area contributed by atoms with Crippen LogP contribution in [0.1, 0.15) is 39.5 Å². The minimum Gasteiger partial charge on any atom is -0.490 e. The number of rotatable bonds is 6. The van der Waals surface area contributed by atoms with Crippen LogP contribution < -0.4 is 10.4 Å². The lowest BCUT2D eigenvalue weighted by atomic mass is 10.1. The summed E-state index contributed by atoms with van der Waals surface area (Å²) in [7, 11) is 0. The first-order valence-corrected chi connectivity index (χ1v) is 6.93. The van der Waals surface area contributed by atoms with Gasteiger partial charge in [-0.1, -0.05) is 26.7 Å². The summed E-state index contributed by atoms with van der Waals surface area (Å²) in [5.41, 5.74) is 0.248. The Morgan fingerprint density at radius 3 is 2.74 bits per heavy atom. The minimum absolute atomic E-state index is 0.229. The van der Waals surface area contributed by atoms with Gasteiger partial charge in [0.1, 0.15) is 11.3 Å². The molecule has 102 valence electrons. The van der Waals surface area contributed by atoms with E-state index in [1.54, 1.807) is 12.1 Å². The minimum atomic E-state index is -0.331. The maximum absolute atomic E-state index is 11.2. The molecule has 1 aromatic carbocycles. The Kier molecular flexibility index (Phi) is 4.61. The molecule has 0 N–H and O–H groups in total. The highest BCUT2D eigenvalue weighted by Crippen LogP contribution is 2.22. The average Bonchev–Trinajstić information content (AvgIpc) is 2.43. The monoisotopic (exact) mass is 260 g/mol. The zero-order valence-corrected chi connectivity index (χ0v) is 11.5. The van der Waals surface area contributed by atoms with E-state index in [0.717, 1.165) is 24.0 Å². The van der Waals surface area contributed by atoms with E-state index in [4.69, 9.17) is 9.15 Å². The molecule has 3 nitrogen and oxygen atoms in total. The van der Waals surface area contributed by atoms with Gasteiger partial charge < -0.3 is 9.15 Å². The fourth-order valence-electron chi connectivity index (χ4n) is 2.08. The van der Waals surface area contributed by atoms with Crippen molar-refractivity contribution in [1.29, 1.82) is 0 Å². The van der Waals surface area contributed by atoms with Crippen molar-refractivity contribution in [1.82, 2.24) is 0 Å². The lowest BCUT2D eigenvalue weighted by molar-refractivity contribution is 0.183. The van der Waals surface area contributed by atoms with E-state index in [2.05, 4.69) is 13.8 Å². The van der Waals surface area contributed by atoms with Crippen molar-refractivity contribution in [3.05, 3.63) is 40.8 Å². The zero-order chi connectivity index (χ0) is 13.7. The average molecular weight is 260 g/mol.